The molecule has 0 spiro atoms. The van der Waals surface area contributed by atoms with E-state index in [9.17, 15) is 4.79 Å². The van der Waals surface area contributed by atoms with Crippen molar-refractivity contribution in [3.05, 3.63) is 42.2 Å². The quantitative estimate of drug-likeness (QED) is 0.837. The molecule has 6 nitrogen and oxygen atoms in total. The van der Waals surface area contributed by atoms with Gasteiger partial charge in [0.25, 0.3) is 11.9 Å². The highest BCUT2D eigenvalue weighted by Crippen LogP contribution is 2.21. The highest BCUT2D eigenvalue weighted by atomic mass is 16.6. The molecule has 106 valence electrons. The third kappa shape index (κ3) is 2.96. The summed E-state index contributed by atoms with van der Waals surface area (Å²) in [5.74, 6) is 0.373. The van der Waals surface area contributed by atoms with Crippen molar-refractivity contribution >= 4 is 5.91 Å². The second kappa shape index (κ2) is 6.18. The highest BCUT2D eigenvalue weighted by molar-refractivity contribution is 5.91. The first-order valence-corrected chi connectivity index (χ1v) is 6.39. The van der Waals surface area contributed by atoms with E-state index in [1.165, 1.54) is 6.33 Å². The lowest BCUT2D eigenvalue weighted by Gasteiger charge is -2.23. The maximum atomic E-state index is 12.3. The molecule has 2 heterocycles. The Morgan fingerprint density at radius 2 is 2.25 bits per heavy atom. The van der Waals surface area contributed by atoms with Crippen LogP contribution in [-0.2, 0) is 0 Å². The molecule has 1 atom stereocenters. The first-order chi connectivity index (χ1) is 9.63. The largest absolute Gasteiger partial charge is 0.465 e. The molecular weight excluding hydrogens is 258 g/mol. The number of rotatable bonds is 5. The number of aromatic nitrogens is 2. The topological polar surface area (TPSA) is 68.5 Å². The summed E-state index contributed by atoms with van der Waals surface area (Å²) in [6.45, 7) is 4.24. The van der Waals surface area contributed by atoms with Crippen LogP contribution in [0.4, 0.5) is 0 Å². The van der Waals surface area contributed by atoms with Gasteiger partial charge in [-0.2, -0.15) is 0 Å². The molecule has 1 unspecified atom stereocenters. The van der Waals surface area contributed by atoms with E-state index in [1.807, 2.05) is 13.8 Å². The van der Waals surface area contributed by atoms with Gasteiger partial charge in [0, 0.05) is 19.3 Å². The average molecular weight is 275 g/mol. The Hall–Kier alpha value is -2.37. The predicted octanol–water partition coefficient (Wildman–Crippen LogP) is 2.30. The zero-order valence-electron chi connectivity index (χ0n) is 11.7. The van der Waals surface area contributed by atoms with Crippen LogP contribution in [0.15, 0.2) is 35.1 Å². The summed E-state index contributed by atoms with van der Waals surface area (Å²) >= 11 is 0. The van der Waals surface area contributed by atoms with Crippen molar-refractivity contribution in [2.24, 2.45) is 0 Å². The number of nitrogens with zero attached hydrogens (tertiary/aromatic N) is 3. The van der Waals surface area contributed by atoms with Gasteiger partial charge in [-0.3, -0.25) is 4.79 Å². The fourth-order valence-electron chi connectivity index (χ4n) is 1.75. The van der Waals surface area contributed by atoms with E-state index < -0.39 is 0 Å². The number of amides is 1. The van der Waals surface area contributed by atoms with E-state index in [-0.39, 0.29) is 17.7 Å². The molecule has 6 heteroatoms. The molecule has 0 bridgehead atoms. The minimum Gasteiger partial charge on any atom is -0.465 e. The van der Waals surface area contributed by atoms with Crippen molar-refractivity contribution in [1.82, 2.24) is 14.9 Å². The minimum absolute atomic E-state index is 0.175. The Morgan fingerprint density at radius 3 is 2.90 bits per heavy atom. The summed E-state index contributed by atoms with van der Waals surface area (Å²) in [6.07, 6.45) is 3.11. The van der Waals surface area contributed by atoms with Crippen molar-refractivity contribution in [3.63, 3.8) is 0 Å². The molecule has 2 rings (SSSR count). The van der Waals surface area contributed by atoms with E-state index in [0.29, 0.717) is 12.6 Å². The predicted molar refractivity (Wildman–Crippen MR) is 72.4 cm³/mol. The molecule has 0 aromatic carbocycles. The lowest BCUT2D eigenvalue weighted by molar-refractivity contribution is 0.0699. The lowest BCUT2D eigenvalue weighted by Crippen LogP contribution is -2.29. The number of furan rings is 1. The molecule has 2 aromatic rings. The maximum Gasteiger partial charge on any atom is 0.290 e. The smallest absolute Gasteiger partial charge is 0.290 e. The number of hydrogen-bond donors (Lipinski definition) is 0. The van der Waals surface area contributed by atoms with Crippen molar-refractivity contribution in [3.8, 4) is 5.95 Å². The van der Waals surface area contributed by atoms with Crippen LogP contribution in [0.5, 0.6) is 5.95 Å². The van der Waals surface area contributed by atoms with E-state index in [4.69, 9.17) is 9.15 Å². The number of ether oxygens (including phenoxy) is 1. The summed E-state index contributed by atoms with van der Waals surface area (Å²) in [5, 5.41) is 0. The normalized spacial score (nSPS) is 11.9. The van der Waals surface area contributed by atoms with Crippen LogP contribution in [-0.4, -0.2) is 34.4 Å². The van der Waals surface area contributed by atoms with Crippen molar-refractivity contribution in [2.75, 3.05) is 13.7 Å². The van der Waals surface area contributed by atoms with Crippen LogP contribution in [0.1, 0.15) is 36.1 Å². The van der Waals surface area contributed by atoms with Gasteiger partial charge in [-0.15, -0.1) is 0 Å². The summed E-state index contributed by atoms with van der Waals surface area (Å²) < 4.78 is 10.6. The van der Waals surface area contributed by atoms with Crippen LogP contribution < -0.4 is 4.74 Å². The van der Waals surface area contributed by atoms with Gasteiger partial charge in [0.2, 0.25) is 0 Å². The molecular formula is C14H17N3O3. The number of hydrogen-bond acceptors (Lipinski definition) is 5. The van der Waals surface area contributed by atoms with Gasteiger partial charge in [0.15, 0.2) is 5.76 Å². The molecule has 0 saturated heterocycles. The molecule has 2 aromatic heterocycles. The number of carbonyl (C=O) groups excluding carboxylic acids is 1. The molecule has 0 aliphatic rings. The molecule has 0 radical (unpaired) electrons. The van der Waals surface area contributed by atoms with Crippen LogP contribution in [0.3, 0.4) is 0 Å². The summed E-state index contributed by atoms with van der Waals surface area (Å²) in [5.41, 5.74) is 0.771. The fourth-order valence-corrected chi connectivity index (χ4v) is 1.75. The lowest BCUT2D eigenvalue weighted by atomic mass is 10.2. The molecule has 0 fully saturated rings. The molecule has 1 amide bonds. The monoisotopic (exact) mass is 275 g/mol. The third-order valence-corrected chi connectivity index (χ3v) is 3.01. The molecule has 20 heavy (non-hydrogen) atoms. The summed E-state index contributed by atoms with van der Waals surface area (Å²) in [6, 6.07) is 4.85. The Kier molecular flexibility index (Phi) is 4.34. The van der Waals surface area contributed by atoms with Gasteiger partial charge >= 0.3 is 0 Å². The molecule has 0 saturated carbocycles. The number of carbonyl (C=O) groups is 1. The van der Waals surface area contributed by atoms with Crippen molar-refractivity contribution in [2.45, 2.75) is 19.9 Å². The van der Waals surface area contributed by atoms with E-state index >= 15 is 0 Å². The van der Waals surface area contributed by atoms with Gasteiger partial charge < -0.3 is 14.1 Å². The van der Waals surface area contributed by atoms with Crippen LogP contribution in [0.25, 0.3) is 0 Å². The Bertz CT molecular complexity index is 568. The molecule has 0 aliphatic carbocycles. The SMILES string of the molecule is CCOc1ccc(C(=O)N(C)C(C)c2ccncn2)o1. The standard InChI is InChI=1S/C14H17N3O3/c1-4-19-13-6-5-12(20-13)14(18)17(3)10(2)11-7-8-15-9-16-11/h5-10H,4H2,1-3H3. The highest BCUT2D eigenvalue weighted by Gasteiger charge is 2.22. The van der Waals surface area contributed by atoms with Gasteiger partial charge in [-0.1, -0.05) is 0 Å². The average Bonchev–Trinajstić information content (AvgIpc) is 2.95. The second-order valence-corrected chi connectivity index (χ2v) is 4.28. The summed E-state index contributed by atoms with van der Waals surface area (Å²) in [4.78, 5) is 21.9. The minimum atomic E-state index is -0.220. The summed E-state index contributed by atoms with van der Waals surface area (Å²) in [7, 11) is 1.71. The van der Waals surface area contributed by atoms with Crippen LogP contribution >= 0.6 is 0 Å². The van der Waals surface area contributed by atoms with Crippen molar-refractivity contribution in [1.29, 1.82) is 0 Å². The van der Waals surface area contributed by atoms with Gasteiger partial charge in [-0.05, 0) is 26.0 Å². The van der Waals surface area contributed by atoms with E-state index in [0.717, 1.165) is 5.69 Å². The Morgan fingerprint density at radius 1 is 1.45 bits per heavy atom. The van der Waals surface area contributed by atoms with Gasteiger partial charge in [-0.25, -0.2) is 9.97 Å². The van der Waals surface area contributed by atoms with E-state index in [1.54, 1.807) is 36.3 Å². The second-order valence-electron chi connectivity index (χ2n) is 4.28. The third-order valence-electron chi connectivity index (χ3n) is 3.01. The van der Waals surface area contributed by atoms with Crippen molar-refractivity contribution < 1.29 is 13.9 Å². The molecule has 0 N–H and O–H groups in total. The van der Waals surface area contributed by atoms with Crippen LogP contribution in [0, 0.1) is 0 Å². The maximum absolute atomic E-state index is 12.3. The Balaban J connectivity index is 2.11. The van der Waals surface area contributed by atoms with Gasteiger partial charge in [0.05, 0.1) is 18.3 Å². The molecule has 0 aliphatic heterocycles. The van der Waals surface area contributed by atoms with Gasteiger partial charge in [0.1, 0.15) is 6.33 Å². The van der Waals surface area contributed by atoms with Crippen LogP contribution in [0.2, 0.25) is 0 Å². The fraction of sp³-hybridized carbons (Fsp3) is 0.357. The van der Waals surface area contributed by atoms with E-state index in [2.05, 4.69) is 9.97 Å². The Labute approximate surface area is 117 Å². The zero-order chi connectivity index (χ0) is 14.5. The first kappa shape index (κ1) is 14.0. The zero-order valence-corrected chi connectivity index (χ0v) is 11.7. The first-order valence-electron chi connectivity index (χ1n) is 6.39.